The fraction of sp³-hybridized carbons (Fsp3) is 0.385. The number of nitrogens with one attached hydrogen (secondary N) is 2. The predicted octanol–water partition coefficient (Wildman–Crippen LogP) is 2.46. The third kappa shape index (κ3) is 5.35. The smallest absolute Gasteiger partial charge is 0.271 e. The maximum atomic E-state index is 11.6. The summed E-state index contributed by atoms with van der Waals surface area (Å²) in [6.07, 6.45) is 0.341. The summed E-state index contributed by atoms with van der Waals surface area (Å²) in [7, 11) is 1.44. The maximum Gasteiger partial charge on any atom is 0.271 e. The summed E-state index contributed by atoms with van der Waals surface area (Å²) in [5.41, 5.74) is 0.219. The quantitative estimate of drug-likeness (QED) is 0.493. The van der Waals surface area contributed by atoms with Crippen LogP contribution in [0.2, 0.25) is 0 Å². The Labute approximate surface area is 127 Å². The summed E-state index contributed by atoms with van der Waals surface area (Å²) in [5.74, 6) is 0.383. The van der Waals surface area contributed by atoms with E-state index in [9.17, 15) is 14.9 Å². The molecular weight excluding hydrogens is 294 g/mol. The molecule has 0 atom stereocenters. The number of nitro benzene ring substituents is 1. The first-order chi connectivity index (χ1) is 9.83. The Morgan fingerprint density at radius 1 is 1.48 bits per heavy atom. The van der Waals surface area contributed by atoms with Crippen LogP contribution in [0.3, 0.4) is 0 Å². The van der Waals surface area contributed by atoms with Crippen molar-refractivity contribution in [3.63, 3.8) is 0 Å². The van der Waals surface area contributed by atoms with Gasteiger partial charge in [-0.3, -0.25) is 14.9 Å². The topological polar surface area (TPSA) is 93.5 Å². The Kier molecular flexibility index (Phi) is 6.04. The molecule has 0 spiro atoms. The van der Waals surface area contributed by atoms with Crippen LogP contribution >= 0.6 is 12.2 Å². The monoisotopic (exact) mass is 311 g/mol. The van der Waals surface area contributed by atoms with E-state index in [0.29, 0.717) is 17.9 Å². The van der Waals surface area contributed by atoms with Gasteiger partial charge in [0.1, 0.15) is 5.75 Å². The zero-order valence-electron chi connectivity index (χ0n) is 12.0. The third-order valence-corrected chi connectivity index (χ3v) is 2.69. The highest BCUT2D eigenvalue weighted by Gasteiger charge is 2.13. The lowest BCUT2D eigenvalue weighted by molar-refractivity contribution is -0.384. The van der Waals surface area contributed by atoms with Crippen LogP contribution in [-0.4, -0.2) is 23.1 Å². The number of nitro groups is 1. The van der Waals surface area contributed by atoms with Crippen molar-refractivity contribution in [3.8, 4) is 5.75 Å². The summed E-state index contributed by atoms with van der Waals surface area (Å²) in [5, 5.41) is 16.1. The van der Waals surface area contributed by atoms with Crippen LogP contribution in [-0.2, 0) is 4.79 Å². The van der Waals surface area contributed by atoms with E-state index in [-0.39, 0.29) is 22.6 Å². The maximum absolute atomic E-state index is 11.6. The minimum atomic E-state index is -0.523. The molecule has 2 N–H and O–H groups in total. The van der Waals surface area contributed by atoms with E-state index < -0.39 is 4.92 Å². The second-order valence-electron chi connectivity index (χ2n) is 4.74. The molecule has 0 heterocycles. The van der Waals surface area contributed by atoms with Crippen molar-refractivity contribution >= 4 is 34.6 Å². The molecule has 21 heavy (non-hydrogen) atoms. The molecule has 0 fully saturated rings. The van der Waals surface area contributed by atoms with Crippen molar-refractivity contribution in [2.75, 3.05) is 12.4 Å². The van der Waals surface area contributed by atoms with E-state index in [2.05, 4.69) is 10.6 Å². The Morgan fingerprint density at radius 3 is 2.67 bits per heavy atom. The third-order valence-electron chi connectivity index (χ3n) is 2.49. The number of rotatable bonds is 5. The highest BCUT2D eigenvalue weighted by Crippen LogP contribution is 2.28. The molecule has 0 aliphatic carbocycles. The molecule has 0 bridgehead atoms. The molecule has 1 rings (SSSR count). The second-order valence-corrected chi connectivity index (χ2v) is 5.15. The van der Waals surface area contributed by atoms with E-state index in [1.54, 1.807) is 0 Å². The molecule has 7 nitrogen and oxygen atoms in total. The molecule has 0 aliphatic heterocycles. The van der Waals surface area contributed by atoms with Crippen LogP contribution in [0.4, 0.5) is 11.4 Å². The number of hydrogen-bond acceptors (Lipinski definition) is 5. The van der Waals surface area contributed by atoms with Gasteiger partial charge in [0.2, 0.25) is 5.91 Å². The number of methoxy groups -OCH3 is 1. The molecule has 0 aromatic heterocycles. The van der Waals surface area contributed by atoms with Gasteiger partial charge in [0.25, 0.3) is 5.69 Å². The molecular formula is C13H17N3O4S. The number of amides is 1. The summed E-state index contributed by atoms with van der Waals surface area (Å²) in [6, 6.07) is 4.07. The minimum absolute atomic E-state index is 0.0689. The first kappa shape index (κ1) is 16.8. The first-order valence-electron chi connectivity index (χ1n) is 6.26. The number of non-ortho nitro benzene ring substituents is 1. The van der Waals surface area contributed by atoms with Gasteiger partial charge in [-0.1, -0.05) is 13.8 Å². The highest BCUT2D eigenvalue weighted by atomic mass is 32.1. The van der Waals surface area contributed by atoms with Gasteiger partial charge in [-0.15, -0.1) is 0 Å². The zero-order valence-corrected chi connectivity index (χ0v) is 12.8. The SMILES string of the molecule is COc1ccc([N+](=O)[O-])cc1NC(=S)NC(=O)CC(C)C. The van der Waals surface area contributed by atoms with Crippen molar-refractivity contribution in [1.29, 1.82) is 0 Å². The number of benzene rings is 1. The largest absolute Gasteiger partial charge is 0.495 e. The van der Waals surface area contributed by atoms with Crippen LogP contribution in [0.5, 0.6) is 5.75 Å². The number of carbonyl (C=O) groups excluding carboxylic acids is 1. The fourth-order valence-electron chi connectivity index (χ4n) is 1.61. The Morgan fingerprint density at radius 2 is 2.14 bits per heavy atom. The van der Waals surface area contributed by atoms with Crippen LogP contribution < -0.4 is 15.4 Å². The predicted molar refractivity (Wildman–Crippen MR) is 83.5 cm³/mol. The van der Waals surface area contributed by atoms with Crippen LogP contribution in [0, 0.1) is 16.0 Å². The van der Waals surface area contributed by atoms with Crippen molar-refractivity contribution in [2.45, 2.75) is 20.3 Å². The van der Waals surface area contributed by atoms with Gasteiger partial charge in [0.15, 0.2) is 5.11 Å². The van der Waals surface area contributed by atoms with Crippen molar-refractivity contribution in [3.05, 3.63) is 28.3 Å². The molecule has 1 aromatic rings. The van der Waals surface area contributed by atoms with Gasteiger partial charge < -0.3 is 15.4 Å². The summed E-state index contributed by atoms with van der Waals surface area (Å²) in [4.78, 5) is 21.9. The van der Waals surface area contributed by atoms with Crippen LogP contribution in [0.25, 0.3) is 0 Å². The minimum Gasteiger partial charge on any atom is -0.495 e. The number of nitrogens with zero attached hydrogens (tertiary/aromatic N) is 1. The number of carbonyl (C=O) groups is 1. The van der Waals surface area contributed by atoms with E-state index in [4.69, 9.17) is 17.0 Å². The van der Waals surface area contributed by atoms with E-state index in [0.717, 1.165) is 0 Å². The second kappa shape index (κ2) is 7.53. The van der Waals surface area contributed by atoms with E-state index >= 15 is 0 Å². The van der Waals surface area contributed by atoms with Gasteiger partial charge >= 0.3 is 0 Å². The van der Waals surface area contributed by atoms with Gasteiger partial charge in [0, 0.05) is 18.6 Å². The highest BCUT2D eigenvalue weighted by molar-refractivity contribution is 7.80. The molecule has 0 saturated heterocycles. The first-order valence-corrected chi connectivity index (χ1v) is 6.67. The van der Waals surface area contributed by atoms with Gasteiger partial charge in [0.05, 0.1) is 17.7 Å². The molecule has 1 amide bonds. The average molecular weight is 311 g/mol. The van der Waals surface area contributed by atoms with Gasteiger partial charge in [-0.25, -0.2) is 0 Å². The molecule has 8 heteroatoms. The molecule has 0 saturated carbocycles. The lowest BCUT2D eigenvalue weighted by atomic mass is 10.1. The Hall–Kier alpha value is -2.22. The molecule has 0 radical (unpaired) electrons. The zero-order chi connectivity index (χ0) is 16.0. The van der Waals surface area contributed by atoms with Gasteiger partial charge in [-0.05, 0) is 24.2 Å². The standard InChI is InChI=1S/C13H17N3O4S/c1-8(2)6-12(17)15-13(21)14-10-7-9(16(18)19)4-5-11(10)20-3/h4-5,7-8H,6H2,1-3H3,(H2,14,15,17,21). The molecule has 114 valence electrons. The molecule has 0 aliphatic rings. The average Bonchev–Trinajstić information content (AvgIpc) is 2.37. The van der Waals surface area contributed by atoms with Crippen molar-refractivity contribution in [2.24, 2.45) is 5.92 Å². The summed E-state index contributed by atoms with van der Waals surface area (Å²) < 4.78 is 5.09. The number of thiocarbonyl (C=S) groups is 1. The van der Waals surface area contributed by atoms with E-state index in [1.165, 1.54) is 25.3 Å². The molecule has 0 unspecified atom stereocenters. The number of ether oxygens (including phenoxy) is 1. The number of hydrogen-bond donors (Lipinski definition) is 2. The van der Waals surface area contributed by atoms with E-state index in [1.807, 2.05) is 13.8 Å². The Bertz CT molecular complexity index is 560. The summed E-state index contributed by atoms with van der Waals surface area (Å²) >= 11 is 5.01. The Balaban J connectivity index is 2.81. The van der Waals surface area contributed by atoms with Crippen molar-refractivity contribution < 1.29 is 14.5 Å². The number of anilines is 1. The van der Waals surface area contributed by atoms with Crippen LogP contribution in [0.15, 0.2) is 18.2 Å². The lowest BCUT2D eigenvalue weighted by Gasteiger charge is -2.13. The lowest BCUT2D eigenvalue weighted by Crippen LogP contribution is -2.34. The van der Waals surface area contributed by atoms with Crippen molar-refractivity contribution in [1.82, 2.24) is 5.32 Å². The fourth-order valence-corrected chi connectivity index (χ4v) is 1.83. The normalized spacial score (nSPS) is 10.1. The van der Waals surface area contributed by atoms with Crippen LogP contribution in [0.1, 0.15) is 20.3 Å². The summed E-state index contributed by atoms with van der Waals surface area (Å²) in [6.45, 7) is 3.83. The molecule has 1 aromatic carbocycles. The van der Waals surface area contributed by atoms with Gasteiger partial charge in [-0.2, -0.15) is 0 Å².